The average Bonchev–Trinajstić information content (AvgIpc) is 2.78. The second-order valence-corrected chi connectivity index (χ2v) is 6.52. The van der Waals surface area contributed by atoms with Crippen molar-refractivity contribution in [3.63, 3.8) is 0 Å². The smallest absolute Gasteiger partial charge is 0.265 e. The lowest BCUT2D eigenvalue weighted by molar-refractivity contribution is -0.122. The van der Waals surface area contributed by atoms with Crippen LogP contribution in [0.4, 0.5) is 10.1 Å². The van der Waals surface area contributed by atoms with E-state index in [0.29, 0.717) is 24.2 Å². The van der Waals surface area contributed by atoms with Crippen molar-refractivity contribution in [3.8, 4) is 5.75 Å². The van der Waals surface area contributed by atoms with Gasteiger partial charge in [-0.15, -0.1) is 0 Å². The van der Waals surface area contributed by atoms with E-state index in [-0.39, 0.29) is 11.7 Å². The van der Waals surface area contributed by atoms with Gasteiger partial charge in [0.2, 0.25) is 0 Å². The van der Waals surface area contributed by atoms with Crippen LogP contribution in [0.2, 0.25) is 0 Å². The van der Waals surface area contributed by atoms with Crippen molar-refractivity contribution in [2.45, 2.75) is 26.0 Å². The highest BCUT2D eigenvalue weighted by Crippen LogP contribution is 2.20. The Labute approximate surface area is 174 Å². The van der Waals surface area contributed by atoms with E-state index in [4.69, 9.17) is 4.74 Å². The monoisotopic (exact) mass is 407 g/mol. The van der Waals surface area contributed by atoms with E-state index in [9.17, 15) is 14.0 Å². The van der Waals surface area contributed by atoms with Gasteiger partial charge in [-0.05, 0) is 42.3 Å². The number of nitrogens with zero attached hydrogens (tertiary/aromatic N) is 1. The number of rotatable bonds is 8. The molecule has 1 unspecified atom stereocenters. The van der Waals surface area contributed by atoms with Crippen LogP contribution in [-0.2, 0) is 11.3 Å². The average molecular weight is 407 g/mol. The molecule has 0 saturated carbocycles. The molecule has 30 heavy (non-hydrogen) atoms. The van der Waals surface area contributed by atoms with Crippen LogP contribution in [0.25, 0.3) is 0 Å². The number of benzene rings is 2. The second kappa shape index (κ2) is 10.2. The molecule has 0 aliphatic heterocycles. The Bertz CT molecular complexity index is 1010. The summed E-state index contributed by atoms with van der Waals surface area (Å²) in [6.45, 7) is 2.07. The summed E-state index contributed by atoms with van der Waals surface area (Å²) in [7, 11) is 0. The first-order valence-electron chi connectivity index (χ1n) is 9.56. The molecule has 3 aromatic rings. The van der Waals surface area contributed by atoms with Gasteiger partial charge in [0.05, 0.1) is 11.3 Å². The summed E-state index contributed by atoms with van der Waals surface area (Å²) in [5.74, 6) is -1.34. The lowest BCUT2D eigenvalue weighted by Crippen LogP contribution is -2.33. The largest absolute Gasteiger partial charge is 0.478 e. The molecule has 154 valence electrons. The zero-order valence-electron chi connectivity index (χ0n) is 16.5. The van der Waals surface area contributed by atoms with Crippen molar-refractivity contribution in [3.05, 3.63) is 90.0 Å². The van der Waals surface area contributed by atoms with Gasteiger partial charge in [0.25, 0.3) is 11.8 Å². The molecule has 0 saturated heterocycles. The van der Waals surface area contributed by atoms with Crippen molar-refractivity contribution in [2.24, 2.45) is 0 Å². The third kappa shape index (κ3) is 5.41. The molecule has 1 aromatic heterocycles. The molecule has 1 atom stereocenters. The SMILES string of the molecule is CCC(Oc1ccccc1F)C(=O)Nc1ccccc1C(=O)NCc1cccnc1. The fourth-order valence-electron chi connectivity index (χ4n) is 2.80. The molecular formula is C23H22FN3O3. The van der Waals surface area contributed by atoms with Crippen LogP contribution in [0, 0.1) is 5.82 Å². The van der Waals surface area contributed by atoms with Crippen molar-refractivity contribution < 1.29 is 18.7 Å². The molecular weight excluding hydrogens is 385 g/mol. The van der Waals surface area contributed by atoms with Crippen molar-refractivity contribution in [1.82, 2.24) is 10.3 Å². The first-order valence-corrected chi connectivity index (χ1v) is 9.56. The summed E-state index contributed by atoms with van der Waals surface area (Å²) in [4.78, 5) is 29.4. The zero-order chi connectivity index (χ0) is 21.3. The number of hydrogen-bond acceptors (Lipinski definition) is 4. The number of anilines is 1. The number of hydrogen-bond donors (Lipinski definition) is 2. The highest BCUT2D eigenvalue weighted by molar-refractivity contribution is 6.04. The van der Waals surface area contributed by atoms with Crippen molar-refractivity contribution in [1.29, 1.82) is 0 Å². The summed E-state index contributed by atoms with van der Waals surface area (Å²) in [5.41, 5.74) is 1.52. The fourth-order valence-corrected chi connectivity index (χ4v) is 2.80. The first-order chi connectivity index (χ1) is 14.6. The van der Waals surface area contributed by atoms with E-state index in [0.717, 1.165) is 5.56 Å². The highest BCUT2D eigenvalue weighted by Gasteiger charge is 2.22. The molecule has 0 aliphatic carbocycles. The number of ether oxygens (including phenoxy) is 1. The standard InChI is InChI=1S/C23H22FN3O3/c1-2-20(30-21-12-6-4-10-18(21)24)23(29)27-19-11-5-3-9-17(19)22(28)26-15-16-8-7-13-25-14-16/h3-14,20H,2,15H2,1H3,(H,26,28)(H,27,29). The van der Waals surface area contributed by atoms with Gasteiger partial charge >= 0.3 is 0 Å². The minimum atomic E-state index is -0.909. The molecule has 1 heterocycles. The number of carbonyl (C=O) groups excluding carboxylic acids is 2. The maximum absolute atomic E-state index is 13.9. The molecule has 0 radical (unpaired) electrons. The maximum atomic E-state index is 13.9. The molecule has 2 aromatic carbocycles. The molecule has 0 bridgehead atoms. The van der Waals surface area contributed by atoms with E-state index >= 15 is 0 Å². The van der Waals surface area contributed by atoms with Gasteiger partial charge in [-0.1, -0.05) is 37.3 Å². The van der Waals surface area contributed by atoms with E-state index < -0.39 is 17.8 Å². The van der Waals surface area contributed by atoms with Crippen molar-refractivity contribution >= 4 is 17.5 Å². The number of amides is 2. The van der Waals surface area contributed by atoms with Crippen LogP contribution in [0.1, 0.15) is 29.3 Å². The predicted octanol–water partition coefficient (Wildman–Crippen LogP) is 3.95. The van der Waals surface area contributed by atoms with E-state index in [1.807, 2.05) is 6.07 Å². The molecule has 2 N–H and O–H groups in total. The van der Waals surface area contributed by atoms with Crippen LogP contribution in [0.5, 0.6) is 5.75 Å². The lowest BCUT2D eigenvalue weighted by atomic mass is 10.1. The Balaban J connectivity index is 1.69. The minimum absolute atomic E-state index is 0.00185. The Morgan fingerprint density at radius 3 is 2.57 bits per heavy atom. The zero-order valence-corrected chi connectivity index (χ0v) is 16.5. The summed E-state index contributed by atoms with van der Waals surface area (Å²) in [5, 5.41) is 5.53. The molecule has 6 nitrogen and oxygen atoms in total. The number of nitrogens with one attached hydrogen (secondary N) is 2. The minimum Gasteiger partial charge on any atom is -0.478 e. The predicted molar refractivity (Wildman–Crippen MR) is 112 cm³/mol. The molecule has 2 amide bonds. The molecule has 3 rings (SSSR count). The number of aromatic nitrogens is 1. The van der Waals surface area contributed by atoms with Crippen LogP contribution in [0.3, 0.4) is 0 Å². The van der Waals surface area contributed by atoms with Gasteiger partial charge in [-0.25, -0.2) is 4.39 Å². The Morgan fingerprint density at radius 1 is 1.07 bits per heavy atom. The van der Waals surface area contributed by atoms with E-state index in [1.165, 1.54) is 12.1 Å². The number of halogens is 1. The van der Waals surface area contributed by atoms with Gasteiger partial charge in [0, 0.05) is 18.9 Å². The molecule has 7 heteroatoms. The Hall–Kier alpha value is -3.74. The third-order valence-electron chi connectivity index (χ3n) is 4.37. The van der Waals surface area contributed by atoms with Crippen LogP contribution in [0.15, 0.2) is 73.1 Å². The van der Waals surface area contributed by atoms with Crippen LogP contribution < -0.4 is 15.4 Å². The molecule has 0 aliphatic rings. The third-order valence-corrected chi connectivity index (χ3v) is 4.37. The topological polar surface area (TPSA) is 80.3 Å². The van der Waals surface area contributed by atoms with Gasteiger partial charge in [0.1, 0.15) is 0 Å². The summed E-state index contributed by atoms with van der Waals surface area (Å²) in [6.07, 6.45) is 2.74. The van der Waals surface area contributed by atoms with Crippen LogP contribution >= 0.6 is 0 Å². The summed E-state index contributed by atoms with van der Waals surface area (Å²) < 4.78 is 19.4. The highest BCUT2D eigenvalue weighted by atomic mass is 19.1. The number of pyridine rings is 1. The maximum Gasteiger partial charge on any atom is 0.265 e. The summed E-state index contributed by atoms with van der Waals surface area (Å²) >= 11 is 0. The van der Waals surface area contributed by atoms with E-state index in [2.05, 4.69) is 15.6 Å². The Morgan fingerprint density at radius 2 is 1.83 bits per heavy atom. The number of carbonyl (C=O) groups is 2. The van der Waals surface area contributed by atoms with Crippen molar-refractivity contribution in [2.75, 3.05) is 5.32 Å². The second-order valence-electron chi connectivity index (χ2n) is 6.52. The Kier molecular flexibility index (Phi) is 7.10. The normalized spacial score (nSPS) is 11.4. The number of para-hydroxylation sites is 2. The lowest BCUT2D eigenvalue weighted by Gasteiger charge is -2.18. The van der Waals surface area contributed by atoms with E-state index in [1.54, 1.807) is 61.8 Å². The summed E-state index contributed by atoms with van der Waals surface area (Å²) in [6, 6.07) is 16.2. The van der Waals surface area contributed by atoms with Gasteiger partial charge in [-0.3, -0.25) is 14.6 Å². The fraction of sp³-hybridized carbons (Fsp3) is 0.174. The van der Waals surface area contributed by atoms with Gasteiger partial charge in [0.15, 0.2) is 17.7 Å². The van der Waals surface area contributed by atoms with Gasteiger partial charge < -0.3 is 15.4 Å². The van der Waals surface area contributed by atoms with Crippen LogP contribution in [-0.4, -0.2) is 22.9 Å². The first kappa shape index (κ1) is 21.0. The molecule has 0 fully saturated rings. The van der Waals surface area contributed by atoms with Gasteiger partial charge in [-0.2, -0.15) is 0 Å². The quantitative estimate of drug-likeness (QED) is 0.593. The molecule has 0 spiro atoms.